The number of carbonyl (C=O) groups excluding carboxylic acids is 1. The maximum Gasteiger partial charge on any atom is 0.323 e. The molecule has 0 saturated carbocycles. The minimum atomic E-state index is -0.0493. The summed E-state index contributed by atoms with van der Waals surface area (Å²) >= 11 is 7.71. The Morgan fingerprint density at radius 3 is 2.67 bits per heavy atom. The van der Waals surface area contributed by atoms with Crippen LogP contribution >= 0.6 is 22.9 Å². The third-order valence-electron chi connectivity index (χ3n) is 4.75. The van der Waals surface area contributed by atoms with Crippen molar-refractivity contribution < 1.29 is 4.79 Å². The lowest BCUT2D eigenvalue weighted by molar-refractivity contribution is 0.0123. The topological polar surface area (TPSA) is 48.5 Å². The largest absolute Gasteiger partial charge is 0.370 e. The average Bonchev–Trinajstić information content (AvgIpc) is 2.85. The summed E-state index contributed by atoms with van der Waals surface area (Å²) in [4.78, 5) is 21.7. The Kier molecular flexibility index (Phi) is 3.69. The highest BCUT2D eigenvalue weighted by molar-refractivity contribution is 7.15. The molecule has 1 N–H and O–H groups in total. The number of likely N-dealkylation sites (tertiary alicyclic amines) is 1. The van der Waals surface area contributed by atoms with Crippen LogP contribution in [0.25, 0.3) is 0 Å². The Morgan fingerprint density at radius 1 is 1.29 bits per heavy atom. The van der Waals surface area contributed by atoms with Crippen LogP contribution in [-0.2, 0) is 0 Å². The van der Waals surface area contributed by atoms with Crippen molar-refractivity contribution in [2.24, 2.45) is 5.41 Å². The van der Waals surface area contributed by atoms with Gasteiger partial charge < -0.3 is 9.80 Å². The highest BCUT2D eigenvalue weighted by Gasteiger charge is 2.53. The molecule has 1 spiro atoms. The quantitative estimate of drug-likeness (QED) is 0.884. The van der Waals surface area contributed by atoms with Crippen molar-refractivity contribution in [1.29, 1.82) is 0 Å². The highest BCUT2D eigenvalue weighted by atomic mass is 35.5. The van der Waals surface area contributed by atoms with Crippen LogP contribution in [0.2, 0.25) is 5.02 Å². The molecule has 0 atom stereocenters. The first-order valence-corrected chi connectivity index (χ1v) is 9.13. The number of benzene rings is 1. The molecule has 7 heteroatoms. The molecular formula is C17H19ClN4OS. The summed E-state index contributed by atoms with van der Waals surface area (Å²) in [7, 11) is 0. The van der Waals surface area contributed by atoms with E-state index in [1.807, 2.05) is 24.8 Å². The number of carbonyl (C=O) groups is 1. The summed E-state index contributed by atoms with van der Waals surface area (Å²) in [6.45, 7) is 7.56. The standard InChI is InChI=1S/C17H19ClN4OS/c1-11-3-4-13(5-14(11)18)21-7-17(8-21)9-22(10-17)16(23)20-15-19-6-12(2)24-15/h3-6H,7-10H2,1-2H3,(H,19,20,23). The van der Waals surface area contributed by atoms with Gasteiger partial charge >= 0.3 is 6.03 Å². The first-order valence-electron chi connectivity index (χ1n) is 7.94. The number of hydrogen-bond acceptors (Lipinski definition) is 4. The maximum absolute atomic E-state index is 12.2. The van der Waals surface area contributed by atoms with Gasteiger partial charge in [0.1, 0.15) is 0 Å². The first kappa shape index (κ1) is 15.7. The van der Waals surface area contributed by atoms with Crippen LogP contribution in [0, 0.1) is 19.3 Å². The summed E-state index contributed by atoms with van der Waals surface area (Å²) in [6, 6.07) is 6.14. The molecule has 2 aliphatic rings. The molecule has 5 nitrogen and oxygen atoms in total. The van der Waals surface area contributed by atoms with Gasteiger partial charge in [0.2, 0.25) is 0 Å². The van der Waals surface area contributed by atoms with E-state index < -0.39 is 0 Å². The zero-order valence-corrected chi connectivity index (χ0v) is 15.2. The summed E-state index contributed by atoms with van der Waals surface area (Å²) in [6.07, 6.45) is 1.77. The van der Waals surface area contributed by atoms with E-state index in [1.54, 1.807) is 6.20 Å². The molecule has 2 amide bonds. The van der Waals surface area contributed by atoms with Crippen molar-refractivity contribution in [1.82, 2.24) is 9.88 Å². The van der Waals surface area contributed by atoms with Crippen LogP contribution in [0.5, 0.6) is 0 Å². The molecule has 3 heterocycles. The Morgan fingerprint density at radius 2 is 2.04 bits per heavy atom. The molecule has 1 aromatic heterocycles. The lowest BCUT2D eigenvalue weighted by atomic mass is 9.72. The molecule has 2 fully saturated rings. The van der Waals surface area contributed by atoms with Gasteiger partial charge in [-0.3, -0.25) is 5.32 Å². The number of amides is 2. The fourth-order valence-corrected chi connectivity index (χ4v) is 4.24. The number of halogens is 1. The van der Waals surface area contributed by atoms with Crippen LogP contribution in [0.1, 0.15) is 10.4 Å². The summed E-state index contributed by atoms with van der Waals surface area (Å²) < 4.78 is 0. The van der Waals surface area contributed by atoms with Gasteiger partial charge in [-0.25, -0.2) is 9.78 Å². The number of rotatable bonds is 2. The zero-order chi connectivity index (χ0) is 16.9. The van der Waals surface area contributed by atoms with Crippen LogP contribution in [0.15, 0.2) is 24.4 Å². The molecule has 126 valence electrons. The van der Waals surface area contributed by atoms with Crippen molar-refractivity contribution >= 4 is 39.8 Å². The predicted molar refractivity (Wildman–Crippen MR) is 98.3 cm³/mol. The van der Waals surface area contributed by atoms with E-state index in [-0.39, 0.29) is 11.4 Å². The lowest BCUT2D eigenvalue weighted by Crippen LogP contribution is -2.73. The second kappa shape index (κ2) is 5.63. The van der Waals surface area contributed by atoms with Gasteiger partial charge in [0, 0.05) is 53.4 Å². The Hall–Kier alpha value is -1.79. The molecule has 0 unspecified atom stereocenters. The van der Waals surface area contributed by atoms with Crippen LogP contribution in [-0.4, -0.2) is 42.1 Å². The highest BCUT2D eigenvalue weighted by Crippen LogP contribution is 2.42. The Bertz CT molecular complexity index is 792. The van der Waals surface area contributed by atoms with E-state index in [1.165, 1.54) is 11.3 Å². The first-order chi connectivity index (χ1) is 11.4. The van der Waals surface area contributed by atoms with E-state index in [0.717, 1.165) is 47.3 Å². The fourth-order valence-electron chi connectivity index (χ4n) is 3.41. The van der Waals surface area contributed by atoms with Crippen LogP contribution in [0.3, 0.4) is 0 Å². The number of nitrogens with zero attached hydrogens (tertiary/aromatic N) is 3. The molecule has 2 aromatic rings. The summed E-state index contributed by atoms with van der Waals surface area (Å²) in [5, 5.41) is 4.35. The smallest absolute Gasteiger partial charge is 0.323 e. The SMILES string of the molecule is Cc1cnc(NC(=O)N2CC3(C2)CN(c2ccc(C)c(Cl)c2)C3)s1. The van der Waals surface area contributed by atoms with Gasteiger partial charge in [-0.15, -0.1) is 11.3 Å². The normalized spacial score (nSPS) is 18.3. The van der Waals surface area contributed by atoms with Crippen molar-refractivity contribution in [3.05, 3.63) is 39.9 Å². The third kappa shape index (κ3) is 2.74. The molecule has 4 rings (SSSR count). The van der Waals surface area contributed by atoms with Gasteiger partial charge in [-0.05, 0) is 31.5 Å². The van der Waals surface area contributed by atoms with Gasteiger partial charge in [0.25, 0.3) is 0 Å². The molecular weight excluding hydrogens is 344 g/mol. The van der Waals surface area contributed by atoms with Crippen LogP contribution < -0.4 is 10.2 Å². The Balaban J connectivity index is 1.30. The minimum Gasteiger partial charge on any atom is -0.370 e. The minimum absolute atomic E-state index is 0.0493. The molecule has 0 radical (unpaired) electrons. The third-order valence-corrected chi connectivity index (χ3v) is 5.98. The van der Waals surface area contributed by atoms with E-state index in [0.29, 0.717) is 5.13 Å². The van der Waals surface area contributed by atoms with Gasteiger partial charge in [-0.1, -0.05) is 17.7 Å². The van der Waals surface area contributed by atoms with Crippen LogP contribution in [0.4, 0.5) is 15.6 Å². The number of thiazole rings is 1. The van der Waals surface area contributed by atoms with Gasteiger partial charge in [0.15, 0.2) is 5.13 Å². The number of hydrogen-bond donors (Lipinski definition) is 1. The molecule has 0 bridgehead atoms. The molecule has 0 aliphatic carbocycles. The van der Waals surface area contributed by atoms with Crippen molar-refractivity contribution in [3.8, 4) is 0 Å². The van der Waals surface area contributed by atoms with E-state index in [2.05, 4.69) is 27.3 Å². The van der Waals surface area contributed by atoms with Crippen molar-refractivity contribution in [2.75, 3.05) is 36.4 Å². The van der Waals surface area contributed by atoms with E-state index in [4.69, 9.17) is 11.6 Å². The molecule has 1 aromatic carbocycles. The monoisotopic (exact) mass is 362 g/mol. The number of aromatic nitrogens is 1. The number of nitrogens with one attached hydrogen (secondary N) is 1. The Labute approximate surface area is 150 Å². The van der Waals surface area contributed by atoms with E-state index >= 15 is 0 Å². The number of aryl methyl sites for hydroxylation is 2. The second-order valence-corrected chi connectivity index (χ2v) is 8.49. The molecule has 24 heavy (non-hydrogen) atoms. The lowest BCUT2D eigenvalue weighted by Gasteiger charge is -2.60. The van der Waals surface area contributed by atoms with Crippen molar-refractivity contribution in [2.45, 2.75) is 13.8 Å². The average molecular weight is 363 g/mol. The number of anilines is 2. The summed E-state index contributed by atoms with van der Waals surface area (Å²) in [5.41, 5.74) is 2.50. The zero-order valence-electron chi connectivity index (χ0n) is 13.7. The molecule has 2 saturated heterocycles. The molecule has 2 aliphatic heterocycles. The van der Waals surface area contributed by atoms with Gasteiger partial charge in [0.05, 0.1) is 0 Å². The second-order valence-electron chi connectivity index (χ2n) is 6.85. The summed E-state index contributed by atoms with van der Waals surface area (Å²) in [5.74, 6) is 0. The number of urea groups is 1. The van der Waals surface area contributed by atoms with Crippen molar-refractivity contribution in [3.63, 3.8) is 0 Å². The maximum atomic E-state index is 12.2. The predicted octanol–water partition coefficient (Wildman–Crippen LogP) is 3.77. The fraction of sp³-hybridized carbons (Fsp3) is 0.412. The van der Waals surface area contributed by atoms with Gasteiger partial charge in [-0.2, -0.15) is 0 Å². The van der Waals surface area contributed by atoms with E-state index in [9.17, 15) is 4.79 Å².